The predicted octanol–water partition coefficient (Wildman–Crippen LogP) is 2.41. The van der Waals surface area contributed by atoms with Crippen LogP contribution in [0.4, 0.5) is 10.6 Å². The molecule has 0 saturated carbocycles. The Kier molecular flexibility index (Phi) is 5.41. The van der Waals surface area contributed by atoms with Gasteiger partial charge in [-0.15, -0.1) is 0 Å². The summed E-state index contributed by atoms with van der Waals surface area (Å²) in [7, 11) is 1.85. The monoisotopic (exact) mass is 426 g/mol. The lowest BCUT2D eigenvalue weighted by Crippen LogP contribution is -2.47. The second-order valence-corrected chi connectivity index (χ2v) is 8.75. The Hall–Kier alpha value is -2.84. The molecule has 0 atom stereocenters. The third-order valence-electron chi connectivity index (χ3n) is 6.79. The molecular formula is C22H30N6O3. The number of cyclic esters (lactones) is 1. The van der Waals surface area contributed by atoms with Crippen molar-refractivity contribution in [1.82, 2.24) is 24.6 Å². The van der Waals surface area contributed by atoms with Gasteiger partial charge in [-0.1, -0.05) is 12.8 Å². The molecule has 2 amide bonds. The second-order valence-electron chi connectivity index (χ2n) is 8.75. The summed E-state index contributed by atoms with van der Waals surface area (Å²) in [6, 6.07) is 4.17. The predicted molar refractivity (Wildman–Crippen MR) is 116 cm³/mol. The minimum absolute atomic E-state index is 0.0580. The number of likely N-dealkylation sites (tertiary alicyclic amines) is 1. The van der Waals surface area contributed by atoms with Gasteiger partial charge in [0.25, 0.3) is 5.91 Å². The van der Waals surface area contributed by atoms with Crippen molar-refractivity contribution in [2.24, 2.45) is 7.05 Å². The van der Waals surface area contributed by atoms with Gasteiger partial charge >= 0.3 is 6.09 Å². The van der Waals surface area contributed by atoms with E-state index in [-0.39, 0.29) is 18.0 Å². The molecule has 3 fully saturated rings. The van der Waals surface area contributed by atoms with Gasteiger partial charge in [0.05, 0.1) is 11.9 Å². The SMILES string of the molecule is Cn1nc(C(=O)N2CCC(N3CCOC3=O)CC2)c2ccc(N3CCCCCC3)nc21. The maximum atomic E-state index is 13.3. The molecule has 0 radical (unpaired) electrons. The number of hydrogen-bond acceptors (Lipinski definition) is 6. The average molecular weight is 427 g/mol. The number of fused-ring (bicyclic) bond motifs is 1. The van der Waals surface area contributed by atoms with Crippen LogP contribution in [0, 0.1) is 0 Å². The summed E-state index contributed by atoms with van der Waals surface area (Å²) in [6.45, 7) is 4.40. The number of aryl methyl sites for hydroxylation is 1. The van der Waals surface area contributed by atoms with Gasteiger partial charge in [0, 0.05) is 39.3 Å². The molecule has 166 valence electrons. The van der Waals surface area contributed by atoms with Crippen LogP contribution in [-0.2, 0) is 11.8 Å². The average Bonchev–Trinajstić information content (AvgIpc) is 3.24. The van der Waals surface area contributed by atoms with Crippen LogP contribution < -0.4 is 4.90 Å². The molecule has 2 aromatic heterocycles. The number of ether oxygens (including phenoxy) is 1. The van der Waals surface area contributed by atoms with Crippen LogP contribution >= 0.6 is 0 Å². The normalized spacial score (nSPS) is 20.9. The Bertz CT molecular complexity index is 973. The van der Waals surface area contributed by atoms with Crippen molar-refractivity contribution in [3.8, 4) is 0 Å². The van der Waals surface area contributed by atoms with E-state index in [0.717, 1.165) is 42.8 Å². The lowest BCUT2D eigenvalue weighted by atomic mass is 10.0. The molecule has 3 aliphatic rings. The molecule has 0 aromatic carbocycles. The van der Waals surface area contributed by atoms with Crippen LogP contribution in [0.15, 0.2) is 12.1 Å². The third-order valence-corrected chi connectivity index (χ3v) is 6.79. The van der Waals surface area contributed by atoms with E-state index in [9.17, 15) is 9.59 Å². The van der Waals surface area contributed by atoms with Crippen LogP contribution in [0.25, 0.3) is 11.0 Å². The van der Waals surface area contributed by atoms with Gasteiger partial charge < -0.3 is 19.4 Å². The Morgan fingerprint density at radius 1 is 1.03 bits per heavy atom. The van der Waals surface area contributed by atoms with Crippen LogP contribution in [0.1, 0.15) is 49.0 Å². The molecule has 9 heteroatoms. The van der Waals surface area contributed by atoms with Crippen LogP contribution in [0.3, 0.4) is 0 Å². The molecule has 0 N–H and O–H groups in total. The maximum Gasteiger partial charge on any atom is 0.410 e. The highest BCUT2D eigenvalue weighted by molar-refractivity contribution is 6.04. The van der Waals surface area contributed by atoms with E-state index in [1.165, 1.54) is 25.7 Å². The zero-order valence-electron chi connectivity index (χ0n) is 18.1. The number of hydrogen-bond donors (Lipinski definition) is 0. The van der Waals surface area contributed by atoms with Crippen molar-refractivity contribution in [1.29, 1.82) is 0 Å². The van der Waals surface area contributed by atoms with Gasteiger partial charge in [-0.05, 0) is 37.8 Å². The first-order valence-electron chi connectivity index (χ1n) is 11.4. The summed E-state index contributed by atoms with van der Waals surface area (Å²) < 4.78 is 6.78. The van der Waals surface area contributed by atoms with E-state index in [4.69, 9.17) is 9.72 Å². The smallest absolute Gasteiger partial charge is 0.410 e. The summed E-state index contributed by atoms with van der Waals surface area (Å²) in [5.41, 5.74) is 1.21. The Labute approximate surface area is 181 Å². The largest absolute Gasteiger partial charge is 0.448 e. The van der Waals surface area contributed by atoms with E-state index in [1.54, 1.807) is 9.58 Å². The standard InChI is InChI=1S/C22H30N6O3/c1-25-20-17(6-7-18(23-20)26-10-4-2-3-5-11-26)19(24-25)21(29)27-12-8-16(9-13-27)28-14-15-31-22(28)30/h6-7,16H,2-5,8-15H2,1H3. The molecule has 0 spiro atoms. The van der Waals surface area contributed by atoms with E-state index < -0.39 is 0 Å². The number of anilines is 1. The first-order chi connectivity index (χ1) is 15.1. The van der Waals surface area contributed by atoms with Crippen LogP contribution in [0.2, 0.25) is 0 Å². The number of rotatable bonds is 3. The van der Waals surface area contributed by atoms with Crippen molar-refractivity contribution in [3.63, 3.8) is 0 Å². The number of nitrogens with zero attached hydrogens (tertiary/aromatic N) is 6. The van der Waals surface area contributed by atoms with Gasteiger partial charge in [0.2, 0.25) is 0 Å². The molecule has 5 rings (SSSR count). The van der Waals surface area contributed by atoms with Crippen LogP contribution in [-0.4, -0.2) is 81.9 Å². The van der Waals surface area contributed by atoms with E-state index in [0.29, 0.717) is 31.9 Å². The van der Waals surface area contributed by atoms with Gasteiger partial charge in [0.1, 0.15) is 12.4 Å². The number of pyridine rings is 1. The minimum atomic E-state index is -0.230. The first-order valence-corrected chi connectivity index (χ1v) is 11.4. The highest BCUT2D eigenvalue weighted by atomic mass is 16.6. The van der Waals surface area contributed by atoms with Gasteiger partial charge in [-0.3, -0.25) is 4.79 Å². The zero-order valence-corrected chi connectivity index (χ0v) is 18.1. The topological polar surface area (TPSA) is 83.8 Å². The van der Waals surface area contributed by atoms with E-state index in [2.05, 4.69) is 10.00 Å². The molecule has 31 heavy (non-hydrogen) atoms. The molecule has 3 aliphatic heterocycles. The Morgan fingerprint density at radius 2 is 1.77 bits per heavy atom. The first kappa shape index (κ1) is 20.1. The fourth-order valence-electron chi connectivity index (χ4n) is 5.02. The third kappa shape index (κ3) is 3.81. The highest BCUT2D eigenvalue weighted by Crippen LogP contribution is 2.26. The lowest BCUT2D eigenvalue weighted by Gasteiger charge is -2.35. The summed E-state index contributed by atoms with van der Waals surface area (Å²) in [4.78, 5) is 35.9. The zero-order chi connectivity index (χ0) is 21.4. The molecule has 0 aliphatic carbocycles. The number of aromatic nitrogens is 3. The Balaban J connectivity index is 1.32. The number of carbonyl (C=O) groups is 2. The summed E-state index contributed by atoms with van der Waals surface area (Å²) in [5.74, 6) is 0.909. The molecular weight excluding hydrogens is 396 g/mol. The van der Waals surface area contributed by atoms with Gasteiger partial charge in [-0.2, -0.15) is 5.10 Å². The van der Waals surface area contributed by atoms with Gasteiger partial charge in [0.15, 0.2) is 11.3 Å². The van der Waals surface area contributed by atoms with Crippen LogP contribution in [0.5, 0.6) is 0 Å². The van der Waals surface area contributed by atoms with E-state index in [1.807, 2.05) is 24.1 Å². The molecule has 9 nitrogen and oxygen atoms in total. The number of amides is 2. The molecule has 2 aromatic rings. The summed E-state index contributed by atoms with van der Waals surface area (Å²) in [5, 5.41) is 5.34. The molecule has 0 bridgehead atoms. The Morgan fingerprint density at radius 3 is 2.45 bits per heavy atom. The lowest BCUT2D eigenvalue weighted by molar-refractivity contribution is 0.0654. The van der Waals surface area contributed by atoms with Gasteiger partial charge in [-0.25, -0.2) is 14.5 Å². The minimum Gasteiger partial charge on any atom is -0.448 e. The van der Waals surface area contributed by atoms with Crippen molar-refractivity contribution in [3.05, 3.63) is 17.8 Å². The van der Waals surface area contributed by atoms with Crippen molar-refractivity contribution >= 4 is 28.9 Å². The fraction of sp³-hybridized carbons (Fsp3) is 0.636. The quantitative estimate of drug-likeness (QED) is 0.750. The van der Waals surface area contributed by atoms with Crippen molar-refractivity contribution in [2.75, 3.05) is 44.2 Å². The highest BCUT2D eigenvalue weighted by Gasteiger charge is 2.34. The molecule has 0 unspecified atom stereocenters. The fourth-order valence-corrected chi connectivity index (χ4v) is 5.02. The van der Waals surface area contributed by atoms with Crippen molar-refractivity contribution in [2.45, 2.75) is 44.6 Å². The maximum absolute atomic E-state index is 13.3. The van der Waals surface area contributed by atoms with Crippen molar-refractivity contribution < 1.29 is 14.3 Å². The molecule has 3 saturated heterocycles. The van der Waals surface area contributed by atoms with E-state index >= 15 is 0 Å². The summed E-state index contributed by atoms with van der Waals surface area (Å²) >= 11 is 0. The number of piperidine rings is 1. The molecule has 5 heterocycles. The summed E-state index contributed by atoms with van der Waals surface area (Å²) in [6.07, 6.45) is 6.25. The number of carbonyl (C=O) groups excluding carboxylic acids is 2. The second kappa shape index (κ2) is 8.36.